The van der Waals surface area contributed by atoms with Crippen molar-refractivity contribution in [2.45, 2.75) is 49.0 Å². The number of hydrogen-bond donors (Lipinski definition) is 0. The van der Waals surface area contributed by atoms with Gasteiger partial charge < -0.3 is 4.74 Å². The van der Waals surface area contributed by atoms with Crippen molar-refractivity contribution >= 4 is 0 Å². The molecule has 0 bridgehead atoms. The van der Waals surface area contributed by atoms with Gasteiger partial charge in [0.25, 0.3) is 0 Å². The molecule has 0 atom stereocenters. The summed E-state index contributed by atoms with van der Waals surface area (Å²) in [5.41, 5.74) is 0.594. The molecule has 0 spiro atoms. The minimum atomic E-state index is 0. The molecular weight excluding hydrogens is 148 g/mol. The van der Waals surface area contributed by atoms with Crippen LogP contribution < -0.4 is 0 Å². The molecule has 0 aromatic carbocycles. The maximum atomic E-state index is 5.56. The van der Waals surface area contributed by atoms with Gasteiger partial charge in [-0.15, -0.1) is 0 Å². The van der Waals surface area contributed by atoms with E-state index in [0.717, 1.165) is 13.2 Å². The van der Waals surface area contributed by atoms with Crippen molar-refractivity contribution in [3.63, 3.8) is 0 Å². The molecule has 0 aliphatic rings. The van der Waals surface area contributed by atoms with Gasteiger partial charge >= 0.3 is 0 Å². The molecule has 0 unspecified atom stereocenters. The second-order valence-corrected chi connectivity index (χ2v) is 5.61. The lowest BCUT2D eigenvalue weighted by molar-refractivity contribution is 0.0275. The maximum Gasteiger partial charge on any atom is 0.0514 e. The summed E-state index contributed by atoms with van der Waals surface area (Å²) < 4.78 is 5.56. The summed E-state index contributed by atoms with van der Waals surface area (Å²) in [5, 5.41) is 0. The quantitative estimate of drug-likeness (QED) is 0.620. The maximum absolute atomic E-state index is 5.56. The Balaban J connectivity index is 0. The minimum absolute atomic E-state index is 0. The van der Waals surface area contributed by atoms with E-state index in [1.807, 2.05) is 0 Å². The lowest BCUT2D eigenvalue weighted by Crippen LogP contribution is -2.21. The molecule has 12 heavy (non-hydrogen) atoms. The fourth-order valence-electron chi connectivity index (χ4n) is 0.663. The summed E-state index contributed by atoms with van der Waals surface area (Å²) in [5.74, 6) is 0. The Kier molecular flexibility index (Phi) is 5.86. The van der Waals surface area contributed by atoms with E-state index in [2.05, 4.69) is 41.5 Å². The standard InChI is InChI=1S/C10H22O.CH4/c1-9(2,3)7-11-8-10(4,5)6;/h7-8H2,1-6H3;1H4. The first-order valence-corrected chi connectivity index (χ1v) is 4.28. The number of ether oxygens (including phenoxy) is 1. The first kappa shape index (κ1) is 14.5. The highest BCUT2D eigenvalue weighted by atomic mass is 16.5. The average molecular weight is 174 g/mol. The van der Waals surface area contributed by atoms with Crippen LogP contribution in [0.3, 0.4) is 0 Å². The van der Waals surface area contributed by atoms with Crippen molar-refractivity contribution in [3.8, 4) is 0 Å². The van der Waals surface area contributed by atoms with Crippen molar-refractivity contribution in [1.29, 1.82) is 0 Å². The number of rotatable bonds is 2. The van der Waals surface area contributed by atoms with Crippen molar-refractivity contribution in [3.05, 3.63) is 0 Å². The van der Waals surface area contributed by atoms with Gasteiger partial charge in [-0.05, 0) is 10.8 Å². The van der Waals surface area contributed by atoms with Crippen molar-refractivity contribution in [2.75, 3.05) is 13.2 Å². The van der Waals surface area contributed by atoms with Gasteiger partial charge in [0.2, 0.25) is 0 Å². The monoisotopic (exact) mass is 174 g/mol. The van der Waals surface area contributed by atoms with Crippen molar-refractivity contribution < 1.29 is 4.74 Å². The lowest BCUT2D eigenvalue weighted by Gasteiger charge is -2.23. The first-order valence-electron chi connectivity index (χ1n) is 4.28. The lowest BCUT2D eigenvalue weighted by atomic mass is 9.97. The molecule has 1 nitrogen and oxygen atoms in total. The second kappa shape index (κ2) is 4.86. The van der Waals surface area contributed by atoms with Gasteiger partial charge in [0, 0.05) is 0 Å². The van der Waals surface area contributed by atoms with Crippen LogP contribution in [0.4, 0.5) is 0 Å². The van der Waals surface area contributed by atoms with Gasteiger partial charge in [0.1, 0.15) is 0 Å². The fourth-order valence-corrected chi connectivity index (χ4v) is 0.663. The third-order valence-corrected chi connectivity index (χ3v) is 1.07. The van der Waals surface area contributed by atoms with Crippen molar-refractivity contribution in [2.24, 2.45) is 10.8 Å². The Hall–Kier alpha value is -0.0400. The largest absolute Gasteiger partial charge is 0.380 e. The van der Waals surface area contributed by atoms with Crippen LogP contribution in [0.25, 0.3) is 0 Å². The summed E-state index contributed by atoms with van der Waals surface area (Å²) in [6.07, 6.45) is 0. The van der Waals surface area contributed by atoms with E-state index in [1.165, 1.54) is 0 Å². The van der Waals surface area contributed by atoms with Gasteiger partial charge in [-0.1, -0.05) is 49.0 Å². The summed E-state index contributed by atoms with van der Waals surface area (Å²) in [6.45, 7) is 14.8. The molecule has 0 saturated heterocycles. The van der Waals surface area contributed by atoms with E-state index in [1.54, 1.807) is 0 Å². The van der Waals surface area contributed by atoms with Crippen LogP contribution in [0.1, 0.15) is 49.0 Å². The molecule has 0 aromatic heterocycles. The highest BCUT2D eigenvalue weighted by Gasteiger charge is 2.14. The van der Waals surface area contributed by atoms with Crippen LogP contribution in [0.2, 0.25) is 0 Å². The third-order valence-electron chi connectivity index (χ3n) is 1.07. The zero-order chi connectivity index (χ0) is 9.12. The molecule has 0 rings (SSSR count). The van der Waals surface area contributed by atoms with E-state index >= 15 is 0 Å². The molecule has 0 aliphatic carbocycles. The van der Waals surface area contributed by atoms with Gasteiger partial charge in [-0.25, -0.2) is 0 Å². The molecular formula is C11H26O. The SMILES string of the molecule is C.CC(C)(C)COCC(C)(C)C. The molecule has 76 valence electrons. The zero-order valence-electron chi connectivity index (χ0n) is 8.82. The third kappa shape index (κ3) is 12.6. The van der Waals surface area contributed by atoms with Crippen LogP contribution >= 0.6 is 0 Å². The second-order valence-electron chi connectivity index (χ2n) is 5.61. The Morgan fingerprint density at radius 1 is 0.750 bits per heavy atom. The van der Waals surface area contributed by atoms with Crippen LogP contribution in [0.5, 0.6) is 0 Å². The summed E-state index contributed by atoms with van der Waals surface area (Å²) >= 11 is 0. The highest BCUT2D eigenvalue weighted by Crippen LogP contribution is 2.17. The van der Waals surface area contributed by atoms with Crippen LogP contribution in [-0.4, -0.2) is 13.2 Å². The van der Waals surface area contributed by atoms with E-state index < -0.39 is 0 Å². The molecule has 0 heterocycles. The summed E-state index contributed by atoms with van der Waals surface area (Å²) in [7, 11) is 0. The summed E-state index contributed by atoms with van der Waals surface area (Å²) in [6, 6.07) is 0. The average Bonchev–Trinajstić information content (AvgIpc) is 1.55. The molecule has 0 amide bonds. The van der Waals surface area contributed by atoms with Crippen LogP contribution in [-0.2, 0) is 4.74 Å². The summed E-state index contributed by atoms with van der Waals surface area (Å²) in [4.78, 5) is 0. The van der Waals surface area contributed by atoms with Crippen molar-refractivity contribution in [1.82, 2.24) is 0 Å². The van der Waals surface area contributed by atoms with Crippen LogP contribution in [0, 0.1) is 10.8 Å². The Labute approximate surface area is 78.5 Å². The predicted octanol–water partition coefficient (Wildman–Crippen LogP) is 3.73. The van der Waals surface area contributed by atoms with E-state index in [-0.39, 0.29) is 7.43 Å². The van der Waals surface area contributed by atoms with E-state index in [4.69, 9.17) is 4.74 Å². The van der Waals surface area contributed by atoms with Crippen LogP contribution in [0.15, 0.2) is 0 Å². The Morgan fingerprint density at radius 2 is 1.00 bits per heavy atom. The highest BCUT2D eigenvalue weighted by molar-refractivity contribution is 4.63. The molecule has 0 radical (unpaired) electrons. The Morgan fingerprint density at radius 3 is 1.17 bits per heavy atom. The molecule has 1 heteroatoms. The zero-order valence-corrected chi connectivity index (χ0v) is 8.82. The van der Waals surface area contributed by atoms with E-state index in [9.17, 15) is 0 Å². The predicted molar refractivity (Wildman–Crippen MR) is 56.5 cm³/mol. The van der Waals surface area contributed by atoms with Gasteiger partial charge in [-0.3, -0.25) is 0 Å². The van der Waals surface area contributed by atoms with E-state index in [0.29, 0.717) is 10.8 Å². The normalized spacial score (nSPS) is 12.5. The first-order chi connectivity index (χ1) is 4.71. The smallest absolute Gasteiger partial charge is 0.0514 e. The molecule has 0 saturated carbocycles. The van der Waals surface area contributed by atoms with Gasteiger partial charge in [0.05, 0.1) is 13.2 Å². The minimum Gasteiger partial charge on any atom is -0.380 e. The Bertz CT molecular complexity index is 89.2. The molecule has 0 aromatic rings. The van der Waals surface area contributed by atoms with Gasteiger partial charge in [0.15, 0.2) is 0 Å². The molecule has 0 N–H and O–H groups in total. The molecule has 0 aliphatic heterocycles. The fraction of sp³-hybridized carbons (Fsp3) is 1.00. The number of hydrogen-bond acceptors (Lipinski definition) is 1. The molecule has 0 fully saturated rings. The van der Waals surface area contributed by atoms with Gasteiger partial charge in [-0.2, -0.15) is 0 Å². The topological polar surface area (TPSA) is 9.23 Å².